The van der Waals surface area contributed by atoms with Crippen LogP contribution in [0.4, 0.5) is 4.39 Å². The van der Waals surface area contributed by atoms with Crippen molar-refractivity contribution in [2.75, 3.05) is 0 Å². The fourth-order valence-corrected chi connectivity index (χ4v) is 1.68. The Hall–Kier alpha value is -1.45. The summed E-state index contributed by atoms with van der Waals surface area (Å²) in [5.41, 5.74) is 1.95. The number of benzene rings is 1. The maximum Gasteiger partial charge on any atom is 0.141 e. The topological polar surface area (TPSA) is 33.1 Å². The van der Waals surface area contributed by atoms with Gasteiger partial charge in [-0.1, -0.05) is 17.7 Å². The van der Waals surface area contributed by atoms with Crippen molar-refractivity contribution in [1.82, 2.24) is 4.98 Å². The van der Waals surface area contributed by atoms with Gasteiger partial charge in [-0.25, -0.2) is 4.39 Å². The van der Waals surface area contributed by atoms with Crippen LogP contribution in [0.25, 0.3) is 11.3 Å². The first-order chi connectivity index (χ1) is 8.08. The zero-order valence-corrected chi connectivity index (χ0v) is 9.95. The first kappa shape index (κ1) is 12.0. The number of halogens is 2. The number of aromatic nitrogens is 1. The van der Waals surface area contributed by atoms with Gasteiger partial charge in [-0.3, -0.25) is 4.98 Å². The average molecular weight is 252 g/mol. The smallest absolute Gasteiger partial charge is 0.141 e. The van der Waals surface area contributed by atoms with E-state index in [-0.39, 0.29) is 5.02 Å². The number of hydrogen-bond donors (Lipinski definition) is 1. The van der Waals surface area contributed by atoms with Gasteiger partial charge in [0.25, 0.3) is 0 Å². The monoisotopic (exact) mass is 251 g/mol. The number of nitrogens with zero attached hydrogens (tertiary/aromatic N) is 1. The second-order valence-electron chi connectivity index (χ2n) is 3.75. The van der Waals surface area contributed by atoms with Crippen LogP contribution in [-0.2, 0) is 0 Å². The van der Waals surface area contributed by atoms with Gasteiger partial charge in [0.15, 0.2) is 0 Å². The summed E-state index contributed by atoms with van der Waals surface area (Å²) in [5.74, 6) is -0.456. The summed E-state index contributed by atoms with van der Waals surface area (Å²) in [6, 6.07) is 9.74. The molecule has 0 aliphatic carbocycles. The van der Waals surface area contributed by atoms with Crippen LogP contribution in [-0.4, -0.2) is 10.1 Å². The maximum atomic E-state index is 13.0. The van der Waals surface area contributed by atoms with E-state index in [1.165, 1.54) is 12.1 Å². The molecule has 0 radical (unpaired) electrons. The van der Waals surface area contributed by atoms with Crippen molar-refractivity contribution in [2.45, 2.75) is 13.0 Å². The Bertz CT molecular complexity index is 543. The molecule has 88 valence electrons. The molecule has 0 aliphatic rings. The van der Waals surface area contributed by atoms with Crippen LogP contribution in [0.5, 0.6) is 0 Å². The van der Waals surface area contributed by atoms with Crippen LogP contribution in [0.3, 0.4) is 0 Å². The van der Waals surface area contributed by atoms with Gasteiger partial charge < -0.3 is 5.11 Å². The molecule has 2 nitrogen and oxygen atoms in total. The van der Waals surface area contributed by atoms with Crippen LogP contribution >= 0.6 is 11.6 Å². The number of rotatable bonds is 2. The minimum absolute atomic E-state index is 0.0618. The standard InChI is InChI=1S/C13H11ClFNO/c1-8(17)12-3-2-4-13(16-12)9-5-6-11(15)10(14)7-9/h2-8,17H,1H3. The summed E-state index contributed by atoms with van der Waals surface area (Å²) in [7, 11) is 0. The van der Waals surface area contributed by atoms with Gasteiger partial charge in [-0.15, -0.1) is 0 Å². The lowest BCUT2D eigenvalue weighted by atomic mass is 10.1. The predicted molar refractivity (Wildman–Crippen MR) is 65.3 cm³/mol. The van der Waals surface area contributed by atoms with Crippen molar-refractivity contribution >= 4 is 11.6 Å². The van der Waals surface area contributed by atoms with E-state index in [0.29, 0.717) is 11.4 Å². The summed E-state index contributed by atoms with van der Waals surface area (Å²) in [6.07, 6.45) is -0.633. The van der Waals surface area contributed by atoms with E-state index in [1.54, 1.807) is 31.2 Å². The van der Waals surface area contributed by atoms with Crippen molar-refractivity contribution in [2.24, 2.45) is 0 Å². The van der Waals surface area contributed by atoms with Gasteiger partial charge in [-0.2, -0.15) is 0 Å². The maximum absolute atomic E-state index is 13.0. The summed E-state index contributed by atoms with van der Waals surface area (Å²) in [5, 5.41) is 9.51. The Morgan fingerprint density at radius 2 is 2.06 bits per heavy atom. The SMILES string of the molecule is CC(O)c1cccc(-c2ccc(F)c(Cl)c2)n1. The van der Waals surface area contributed by atoms with Gasteiger partial charge in [0.05, 0.1) is 22.5 Å². The first-order valence-electron chi connectivity index (χ1n) is 5.18. The zero-order chi connectivity index (χ0) is 12.4. The van der Waals surface area contributed by atoms with Crippen molar-refractivity contribution < 1.29 is 9.50 Å². The molecule has 0 bridgehead atoms. The third kappa shape index (κ3) is 2.62. The van der Waals surface area contributed by atoms with Crippen LogP contribution in [0, 0.1) is 5.82 Å². The summed E-state index contributed by atoms with van der Waals surface area (Å²) in [6.45, 7) is 1.64. The third-order valence-corrected chi connectivity index (χ3v) is 2.70. The molecule has 0 saturated carbocycles. The van der Waals surface area contributed by atoms with Gasteiger partial charge in [-0.05, 0) is 37.3 Å². The molecule has 1 atom stereocenters. The molecule has 0 saturated heterocycles. The Morgan fingerprint density at radius 1 is 1.29 bits per heavy atom. The minimum Gasteiger partial charge on any atom is -0.387 e. The lowest BCUT2D eigenvalue weighted by Gasteiger charge is -2.07. The number of hydrogen-bond acceptors (Lipinski definition) is 2. The lowest BCUT2D eigenvalue weighted by molar-refractivity contribution is 0.194. The predicted octanol–water partition coefficient (Wildman–Crippen LogP) is 3.59. The normalized spacial score (nSPS) is 12.5. The van der Waals surface area contributed by atoms with Crippen molar-refractivity contribution in [3.8, 4) is 11.3 Å². The van der Waals surface area contributed by atoms with E-state index in [0.717, 1.165) is 5.56 Å². The Kier molecular flexibility index (Phi) is 3.41. The van der Waals surface area contributed by atoms with Crippen molar-refractivity contribution in [3.05, 3.63) is 52.9 Å². The molecule has 1 unspecified atom stereocenters. The molecule has 1 N–H and O–H groups in total. The molecular formula is C13H11ClFNO. The molecule has 0 aliphatic heterocycles. The summed E-state index contributed by atoms with van der Waals surface area (Å²) >= 11 is 5.71. The Balaban J connectivity index is 2.45. The Labute approximate surface area is 104 Å². The van der Waals surface area contributed by atoms with E-state index in [4.69, 9.17) is 11.6 Å². The molecule has 1 heterocycles. The summed E-state index contributed by atoms with van der Waals surface area (Å²) in [4.78, 5) is 4.28. The van der Waals surface area contributed by atoms with Gasteiger partial charge >= 0.3 is 0 Å². The molecular weight excluding hydrogens is 241 g/mol. The quantitative estimate of drug-likeness (QED) is 0.885. The molecule has 0 fully saturated rings. The van der Waals surface area contributed by atoms with Crippen LogP contribution in [0.2, 0.25) is 5.02 Å². The molecule has 1 aromatic carbocycles. The second kappa shape index (κ2) is 4.82. The molecule has 4 heteroatoms. The van der Waals surface area contributed by atoms with Crippen LogP contribution in [0.1, 0.15) is 18.7 Å². The highest BCUT2D eigenvalue weighted by atomic mass is 35.5. The molecule has 2 aromatic rings. The molecule has 0 amide bonds. The molecule has 1 aromatic heterocycles. The molecule has 0 spiro atoms. The third-order valence-electron chi connectivity index (χ3n) is 2.41. The summed E-state index contributed by atoms with van der Waals surface area (Å²) < 4.78 is 13.0. The van der Waals surface area contributed by atoms with Crippen molar-refractivity contribution in [1.29, 1.82) is 0 Å². The molecule has 2 rings (SSSR count). The largest absolute Gasteiger partial charge is 0.387 e. The van der Waals surface area contributed by atoms with Crippen LogP contribution < -0.4 is 0 Å². The highest BCUT2D eigenvalue weighted by Gasteiger charge is 2.07. The fraction of sp³-hybridized carbons (Fsp3) is 0.154. The number of aliphatic hydroxyl groups excluding tert-OH is 1. The van der Waals surface area contributed by atoms with Crippen LogP contribution in [0.15, 0.2) is 36.4 Å². The highest BCUT2D eigenvalue weighted by Crippen LogP contribution is 2.24. The van der Waals surface area contributed by atoms with E-state index < -0.39 is 11.9 Å². The highest BCUT2D eigenvalue weighted by molar-refractivity contribution is 6.31. The zero-order valence-electron chi connectivity index (χ0n) is 9.19. The second-order valence-corrected chi connectivity index (χ2v) is 4.16. The van der Waals surface area contributed by atoms with Gasteiger partial charge in [0.1, 0.15) is 5.82 Å². The average Bonchev–Trinajstić information content (AvgIpc) is 2.33. The minimum atomic E-state index is -0.633. The van der Waals surface area contributed by atoms with E-state index in [1.807, 2.05) is 0 Å². The Morgan fingerprint density at radius 3 is 2.71 bits per heavy atom. The van der Waals surface area contributed by atoms with E-state index >= 15 is 0 Å². The fourth-order valence-electron chi connectivity index (χ4n) is 1.50. The number of aliphatic hydroxyl groups is 1. The molecule has 17 heavy (non-hydrogen) atoms. The van der Waals surface area contributed by atoms with E-state index in [2.05, 4.69) is 4.98 Å². The lowest BCUT2D eigenvalue weighted by Crippen LogP contribution is -1.96. The van der Waals surface area contributed by atoms with E-state index in [9.17, 15) is 9.50 Å². The van der Waals surface area contributed by atoms with Crippen molar-refractivity contribution in [3.63, 3.8) is 0 Å². The first-order valence-corrected chi connectivity index (χ1v) is 5.56. The number of pyridine rings is 1. The van der Waals surface area contributed by atoms with Gasteiger partial charge in [0, 0.05) is 5.56 Å². The van der Waals surface area contributed by atoms with Gasteiger partial charge in [0.2, 0.25) is 0 Å².